The molecule has 1 unspecified atom stereocenters. The molecular formula is C8H7BrN2O3. The lowest BCUT2D eigenvalue weighted by molar-refractivity contribution is -0.131. The standard InChI is InChI=1S/C8H7BrN2O3/c1-8(4-2-3-5(9)13-4)6(12)11-7(10)14-8/h2-3H,1H3,(H2,10,11,12). The summed E-state index contributed by atoms with van der Waals surface area (Å²) in [6, 6.07) is 3.17. The molecule has 0 aromatic carbocycles. The van der Waals surface area contributed by atoms with Gasteiger partial charge in [0.1, 0.15) is 0 Å². The van der Waals surface area contributed by atoms with Gasteiger partial charge in [-0.2, -0.15) is 4.99 Å². The van der Waals surface area contributed by atoms with Crippen LogP contribution in [-0.4, -0.2) is 11.9 Å². The van der Waals surface area contributed by atoms with Crippen LogP contribution < -0.4 is 5.73 Å². The minimum absolute atomic E-state index is 0.134. The smallest absolute Gasteiger partial charge is 0.302 e. The van der Waals surface area contributed by atoms with Crippen molar-refractivity contribution in [2.24, 2.45) is 10.7 Å². The average molecular weight is 259 g/mol. The van der Waals surface area contributed by atoms with Crippen molar-refractivity contribution in [3.8, 4) is 0 Å². The number of aliphatic imine (C=N–C) groups is 1. The molecule has 0 bridgehead atoms. The topological polar surface area (TPSA) is 77.8 Å². The van der Waals surface area contributed by atoms with E-state index >= 15 is 0 Å². The number of rotatable bonds is 1. The molecule has 0 spiro atoms. The van der Waals surface area contributed by atoms with Crippen LogP contribution in [0.15, 0.2) is 26.2 Å². The van der Waals surface area contributed by atoms with E-state index in [0.717, 1.165) is 0 Å². The van der Waals surface area contributed by atoms with Crippen molar-refractivity contribution >= 4 is 27.9 Å². The maximum atomic E-state index is 11.4. The third kappa shape index (κ3) is 1.22. The molecule has 6 heteroatoms. The first-order valence-electron chi connectivity index (χ1n) is 3.86. The molecule has 0 saturated heterocycles. The summed E-state index contributed by atoms with van der Waals surface area (Å²) in [4.78, 5) is 14.9. The highest BCUT2D eigenvalue weighted by Crippen LogP contribution is 2.33. The molecule has 5 nitrogen and oxygen atoms in total. The molecule has 1 aromatic heterocycles. The Kier molecular flexibility index (Phi) is 1.88. The molecule has 14 heavy (non-hydrogen) atoms. The summed E-state index contributed by atoms with van der Waals surface area (Å²) in [6.07, 6.45) is 0. The number of carbonyl (C=O) groups excluding carboxylic acids is 1. The lowest BCUT2D eigenvalue weighted by Gasteiger charge is -2.17. The van der Waals surface area contributed by atoms with Crippen LogP contribution in [0.5, 0.6) is 0 Å². The van der Waals surface area contributed by atoms with Gasteiger partial charge in [-0.05, 0) is 35.0 Å². The molecule has 1 aliphatic heterocycles. The van der Waals surface area contributed by atoms with E-state index in [1.165, 1.54) is 0 Å². The van der Waals surface area contributed by atoms with Gasteiger partial charge in [-0.25, -0.2) is 0 Å². The van der Waals surface area contributed by atoms with Gasteiger partial charge in [0.25, 0.3) is 6.02 Å². The van der Waals surface area contributed by atoms with E-state index in [2.05, 4.69) is 20.9 Å². The fourth-order valence-corrected chi connectivity index (χ4v) is 1.52. The van der Waals surface area contributed by atoms with Gasteiger partial charge in [0.05, 0.1) is 0 Å². The van der Waals surface area contributed by atoms with E-state index in [1.807, 2.05) is 0 Å². The monoisotopic (exact) mass is 258 g/mol. The lowest BCUT2D eigenvalue weighted by Crippen LogP contribution is -2.31. The van der Waals surface area contributed by atoms with Gasteiger partial charge in [0.2, 0.25) is 5.60 Å². The second kappa shape index (κ2) is 2.84. The van der Waals surface area contributed by atoms with E-state index in [9.17, 15) is 4.79 Å². The summed E-state index contributed by atoms with van der Waals surface area (Å²) < 4.78 is 10.9. The molecule has 1 aromatic rings. The minimum atomic E-state index is -1.23. The summed E-state index contributed by atoms with van der Waals surface area (Å²) in [6.45, 7) is 1.56. The van der Waals surface area contributed by atoms with Gasteiger partial charge < -0.3 is 14.9 Å². The fraction of sp³-hybridized carbons (Fsp3) is 0.250. The van der Waals surface area contributed by atoms with Crippen LogP contribution in [0, 0.1) is 0 Å². The molecule has 2 rings (SSSR count). The number of hydrogen-bond donors (Lipinski definition) is 1. The first-order valence-corrected chi connectivity index (χ1v) is 4.65. The average Bonchev–Trinajstić information content (AvgIpc) is 2.59. The Hall–Kier alpha value is -1.30. The van der Waals surface area contributed by atoms with Gasteiger partial charge in [-0.3, -0.25) is 4.79 Å². The molecule has 2 heterocycles. The third-order valence-electron chi connectivity index (χ3n) is 1.97. The third-order valence-corrected chi connectivity index (χ3v) is 2.40. The van der Waals surface area contributed by atoms with E-state index in [4.69, 9.17) is 14.9 Å². The zero-order valence-electron chi connectivity index (χ0n) is 7.28. The Bertz CT molecular complexity index is 426. The molecule has 2 N–H and O–H groups in total. The first kappa shape index (κ1) is 9.26. The molecule has 0 radical (unpaired) electrons. The summed E-state index contributed by atoms with van der Waals surface area (Å²) in [5.74, 6) is -0.0876. The van der Waals surface area contributed by atoms with Gasteiger partial charge in [0, 0.05) is 0 Å². The van der Waals surface area contributed by atoms with Crippen molar-refractivity contribution in [3.63, 3.8) is 0 Å². The second-order valence-electron chi connectivity index (χ2n) is 2.99. The summed E-state index contributed by atoms with van der Waals surface area (Å²) in [5, 5.41) is 0. The minimum Gasteiger partial charge on any atom is -0.450 e. The van der Waals surface area contributed by atoms with Crippen molar-refractivity contribution in [2.45, 2.75) is 12.5 Å². The number of amidine groups is 1. The van der Waals surface area contributed by atoms with Crippen LogP contribution in [0.4, 0.5) is 0 Å². The number of hydrogen-bond acceptors (Lipinski definition) is 4. The largest absolute Gasteiger partial charge is 0.450 e. The van der Waals surface area contributed by atoms with Crippen LogP contribution in [0.2, 0.25) is 0 Å². The highest BCUT2D eigenvalue weighted by molar-refractivity contribution is 9.10. The lowest BCUT2D eigenvalue weighted by atomic mass is 10.0. The quantitative estimate of drug-likeness (QED) is 0.819. The number of carbonyl (C=O) groups is 1. The molecule has 0 saturated carbocycles. The predicted molar refractivity (Wildman–Crippen MR) is 51.5 cm³/mol. The summed E-state index contributed by atoms with van der Waals surface area (Å²) in [5.41, 5.74) is 4.07. The Morgan fingerprint density at radius 1 is 1.57 bits per heavy atom. The molecule has 0 aliphatic carbocycles. The van der Waals surface area contributed by atoms with E-state index in [1.54, 1.807) is 19.1 Å². The number of ether oxygens (including phenoxy) is 1. The molecular weight excluding hydrogens is 252 g/mol. The van der Waals surface area contributed by atoms with Crippen LogP contribution in [0.3, 0.4) is 0 Å². The van der Waals surface area contributed by atoms with Crippen LogP contribution in [-0.2, 0) is 15.1 Å². The Balaban J connectivity index is 2.40. The number of nitrogens with zero attached hydrogens (tertiary/aromatic N) is 1. The van der Waals surface area contributed by atoms with E-state index < -0.39 is 11.5 Å². The van der Waals surface area contributed by atoms with Gasteiger partial charge in [-0.15, -0.1) is 0 Å². The number of furan rings is 1. The first-order chi connectivity index (χ1) is 6.52. The van der Waals surface area contributed by atoms with Crippen molar-refractivity contribution in [1.29, 1.82) is 0 Å². The summed E-state index contributed by atoms with van der Waals surface area (Å²) in [7, 11) is 0. The van der Waals surface area contributed by atoms with Crippen LogP contribution >= 0.6 is 15.9 Å². The van der Waals surface area contributed by atoms with Crippen LogP contribution in [0.1, 0.15) is 12.7 Å². The van der Waals surface area contributed by atoms with Gasteiger partial charge in [-0.1, -0.05) is 0 Å². The Morgan fingerprint density at radius 3 is 2.71 bits per heavy atom. The molecule has 1 amide bonds. The normalized spacial score (nSPS) is 26.1. The number of halogens is 1. The zero-order valence-corrected chi connectivity index (χ0v) is 8.87. The molecule has 0 fully saturated rings. The highest BCUT2D eigenvalue weighted by Gasteiger charge is 2.46. The van der Waals surface area contributed by atoms with Crippen molar-refractivity contribution in [1.82, 2.24) is 0 Å². The van der Waals surface area contributed by atoms with Gasteiger partial charge in [0.15, 0.2) is 10.4 Å². The zero-order chi connectivity index (χ0) is 10.3. The maximum absolute atomic E-state index is 11.4. The van der Waals surface area contributed by atoms with E-state index in [0.29, 0.717) is 10.4 Å². The highest BCUT2D eigenvalue weighted by atomic mass is 79.9. The predicted octanol–water partition coefficient (Wildman–Crippen LogP) is 1.13. The molecule has 74 valence electrons. The molecule has 1 aliphatic rings. The summed E-state index contributed by atoms with van der Waals surface area (Å²) >= 11 is 3.14. The fourth-order valence-electron chi connectivity index (χ4n) is 1.21. The van der Waals surface area contributed by atoms with Crippen molar-refractivity contribution < 1.29 is 13.9 Å². The maximum Gasteiger partial charge on any atom is 0.302 e. The Labute approximate surface area is 88.1 Å². The number of nitrogens with two attached hydrogens (primary N) is 1. The van der Waals surface area contributed by atoms with E-state index in [-0.39, 0.29) is 6.02 Å². The Morgan fingerprint density at radius 2 is 2.29 bits per heavy atom. The van der Waals surface area contributed by atoms with Crippen molar-refractivity contribution in [2.75, 3.05) is 0 Å². The SMILES string of the molecule is CC1(c2ccc(Br)o2)OC(N)=NC1=O. The van der Waals surface area contributed by atoms with Gasteiger partial charge >= 0.3 is 5.91 Å². The van der Waals surface area contributed by atoms with Crippen molar-refractivity contribution in [3.05, 3.63) is 22.6 Å². The van der Waals surface area contributed by atoms with Crippen LogP contribution in [0.25, 0.3) is 0 Å². The second-order valence-corrected chi connectivity index (χ2v) is 3.78. The number of amides is 1. The molecule has 1 atom stereocenters.